The van der Waals surface area contributed by atoms with Crippen LogP contribution in [0.25, 0.3) is 0 Å². The molecule has 3 amide bonds. The summed E-state index contributed by atoms with van der Waals surface area (Å²) in [6.07, 6.45) is -1.13. The number of likely N-dealkylation sites (tertiary alicyclic amines) is 1. The largest absolute Gasteiger partial charge is 0.477 e. The van der Waals surface area contributed by atoms with E-state index in [1.54, 1.807) is 6.92 Å². The molecule has 3 saturated heterocycles. The Morgan fingerprint density at radius 3 is 2.51 bits per heavy atom. The van der Waals surface area contributed by atoms with Crippen molar-refractivity contribution < 1.29 is 33.1 Å². The van der Waals surface area contributed by atoms with Crippen LogP contribution in [0, 0.1) is 11.8 Å². The number of fused-ring (bicyclic) bond motifs is 1. The second-order valence-electron chi connectivity index (χ2n) is 9.73. The maximum atomic E-state index is 12.9. The van der Waals surface area contributed by atoms with Crippen LogP contribution in [0.15, 0.2) is 10.6 Å². The Labute approximate surface area is 206 Å². The van der Waals surface area contributed by atoms with Crippen LogP contribution in [0.3, 0.4) is 0 Å². The van der Waals surface area contributed by atoms with Crippen LogP contribution < -0.4 is 16.4 Å². The summed E-state index contributed by atoms with van der Waals surface area (Å²) in [4.78, 5) is 52.8. The highest BCUT2D eigenvalue weighted by Gasteiger charge is 2.60. The van der Waals surface area contributed by atoms with Gasteiger partial charge in [-0.3, -0.25) is 14.4 Å². The van der Waals surface area contributed by atoms with Crippen molar-refractivity contribution in [2.45, 2.75) is 69.0 Å². The number of rotatable bonds is 7. The zero-order chi connectivity index (χ0) is 25.6. The standard InChI is InChI=1S/C22H31F2N5O5S/c1-9-15-14(10(2)27-19(30)18(23)24)21(32)29(15)16(22(33)34)17(9)35-12-7-13(26-8-12)20(31)28-5-3-11(25)4-6-28/h9-15,18,26H,3-8,25H2,1-2H3,(H,27,30)(H,33,34)/t9-,10-,12+,13+,14-,15?/m1/s1. The molecule has 3 fully saturated rings. The molecule has 13 heteroatoms. The molecule has 1 unspecified atom stereocenters. The predicted molar refractivity (Wildman–Crippen MR) is 123 cm³/mol. The summed E-state index contributed by atoms with van der Waals surface area (Å²) in [5, 5.41) is 15.2. The summed E-state index contributed by atoms with van der Waals surface area (Å²) in [5.74, 6) is -4.31. The van der Waals surface area contributed by atoms with Gasteiger partial charge in [0.2, 0.25) is 11.8 Å². The highest BCUT2D eigenvalue weighted by molar-refractivity contribution is 8.03. The lowest BCUT2D eigenvalue weighted by atomic mass is 9.78. The Kier molecular flexibility index (Phi) is 7.39. The van der Waals surface area contributed by atoms with Crippen LogP contribution in [-0.2, 0) is 19.2 Å². The van der Waals surface area contributed by atoms with Crippen molar-refractivity contribution >= 4 is 35.5 Å². The van der Waals surface area contributed by atoms with E-state index < -0.39 is 42.2 Å². The van der Waals surface area contributed by atoms with E-state index in [9.17, 15) is 33.1 Å². The highest BCUT2D eigenvalue weighted by atomic mass is 32.2. The predicted octanol–water partition coefficient (Wildman–Crippen LogP) is -0.0575. The Hall–Kier alpha value is -2.25. The van der Waals surface area contributed by atoms with Gasteiger partial charge in [-0.05, 0) is 26.2 Å². The van der Waals surface area contributed by atoms with Gasteiger partial charge in [-0.1, -0.05) is 6.92 Å². The fourth-order valence-corrected chi connectivity index (χ4v) is 7.05. The molecule has 10 nitrogen and oxygen atoms in total. The smallest absolute Gasteiger partial charge is 0.353 e. The van der Waals surface area contributed by atoms with Crippen molar-refractivity contribution in [2.75, 3.05) is 19.6 Å². The Bertz CT molecular complexity index is 941. The molecule has 0 radical (unpaired) electrons. The number of hydrogen-bond acceptors (Lipinski definition) is 7. The van der Waals surface area contributed by atoms with Crippen LogP contribution in [0.2, 0.25) is 0 Å². The van der Waals surface area contributed by atoms with Crippen molar-refractivity contribution in [1.29, 1.82) is 0 Å². The van der Waals surface area contributed by atoms with Crippen LogP contribution in [0.4, 0.5) is 8.78 Å². The van der Waals surface area contributed by atoms with Gasteiger partial charge < -0.3 is 31.3 Å². The molecule has 0 aromatic carbocycles. The maximum Gasteiger partial charge on any atom is 0.353 e. The maximum absolute atomic E-state index is 12.9. The number of carbonyl (C=O) groups excluding carboxylic acids is 3. The van der Waals surface area contributed by atoms with Gasteiger partial charge in [-0.15, -0.1) is 11.8 Å². The third kappa shape index (κ3) is 4.77. The fraction of sp³-hybridized carbons (Fsp3) is 0.727. The van der Waals surface area contributed by atoms with E-state index in [1.165, 1.54) is 23.6 Å². The number of nitrogens with zero attached hydrogens (tertiary/aromatic N) is 2. The third-order valence-electron chi connectivity index (χ3n) is 7.43. The van der Waals surface area contributed by atoms with Gasteiger partial charge in [0.05, 0.1) is 18.0 Å². The molecule has 4 aliphatic heterocycles. The first-order valence-corrected chi connectivity index (χ1v) is 12.7. The third-order valence-corrected chi connectivity index (χ3v) is 8.94. The average molecular weight is 516 g/mol. The first-order valence-electron chi connectivity index (χ1n) is 11.8. The molecular weight excluding hydrogens is 484 g/mol. The minimum absolute atomic E-state index is 0.0227. The van der Waals surface area contributed by atoms with Gasteiger partial charge in [0.25, 0.3) is 5.91 Å². The van der Waals surface area contributed by atoms with E-state index in [1.807, 2.05) is 4.90 Å². The molecule has 4 aliphatic rings. The molecule has 0 saturated carbocycles. The van der Waals surface area contributed by atoms with E-state index in [-0.39, 0.29) is 34.9 Å². The lowest BCUT2D eigenvalue weighted by Crippen LogP contribution is -2.66. The highest BCUT2D eigenvalue weighted by Crippen LogP contribution is 2.51. The molecule has 4 rings (SSSR count). The zero-order valence-electron chi connectivity index (χ0n) is 19.6. The van der Waals surface area contributed by atoms with Gasteiger partial charge in [0.15, 0.2) is 0 Å². The summed E-state index contributed by atoms with van der Waals surface area (Å²) in [6, 6.07) is -1.64. The van der Waals surface area contributed by atoms with Gasteiger partial charge in [-0.2, -0.15) is 8.78 Å². The number of β-lactam (4-membered cyclic amide) rings is 1. The fourth-order valence-electron chi connectivity index (χ4n) is 5.57. The number of thioether (sulfide) groups is 1. The van der Waals surface area contributed by atoms with Crippen molar-refractivity contribution in [3.8, 4) is 0 Å². The van der Waals surface area contributed by atoms with Crippen LogP contribution in [0.1, 0.15) is 33.1 Å². The molecule has 4 heterocycles. The topological polar surface area (TPSA) is 145 Å². The number of piperidine rings is 1. The first-order chi connectivity index (χ1) is 16.5. The normalized spacial score (nSPS) is 32.1. The van der Waals surface area contributed by atoms with Gasteiger partial charge in [0, 0.05) is 47.8 Å². The number of amides is 3. The lowest BCUT2D eigenvalue weighted by Gasteiger charge is -2.47. The number of alkyl halides is 2. The Balaban J connectivity index is 1.42. The summed E-state index contributed by atoms with van der Waals surface area (Å²) >= 11 is 1.35. The van der Waals surface area contributed by atoms with Crippen LogP contribution in [-0.4, -0.2) is 94.1 Å². The number of hydrogen-bond donors (Lipinski definition) is 4. The Morgan fingerprint density at radius 2 is 1.91 bits per heavy atom. The molecule has 35 heavy (non-hydrogen) atoms. The second kappa shape index (κ2) is 10.0. The molecule has 0 aliphatic carbocycles. The SMILES string of the molecule is C[C@H]1C(S[C@@H]2CN[C@H](C(=O)N3CCC(N)CC3)C2)=C(C(=O)O)N2C(=O)[C@H]([C@@H](C)NC(=O)C(F)F)C12. The molecule has 0 aromatic rings. The summed E-state index contributed by atoms with van der Waals surface area (Å²) in [5.41, 5.74) is 5.83. The monoisotopic (exact) mass is 515 g/mol. The molecule has 194 valence electrons. The molecule has 5 N–H and O–H groups in total. The summed E-state index contributed by atoms with van der Waals surface area (Å²) in [6.45, 7) is 5.05. The molecule has 0 bridgehead atoms. The van der Waals surface area contributed by atoms with E-state index in [4.69, 9.17) is 5.73 Å². The molecule has 0 spiro atoms. The number of nitrogens with one attached hydrogen (secondary N) is 2. The van der Waals surface area contributed by atoms with Gasteiger partial charge in [0.1, 0.15) is 5.70 Å². The summed E-state index contributed by atoms with van der Waals surface area (Å²) < 4.78 is 25.3. The van der Waals surface area contributed by atoms with Crippen LogP contribution in [0.5, 0.6) is 0 Å². The van der Waals surface area contributed by atoms with Crippen molar-refractivity contribution in [1.82, 2.24) is 20.4 Å². The number of halogens is 2. The van der Waals surface area contributed by atoms with Crippen LogP contribution >= 0.6 is 11.8 Å². The van der Waals surface area contributed by atoms with E-state index in [2.05, 4.69) is 10.6 Å². The molecule has 6 atom stereocenters. The number of carbonyl (C=O) groups is 4. The minimum atomic E-state index is -3.20. The van der Waals surface area contributed by atoms with E-state index in [0.717, 1.165) is 12.8 Å². The van der Waals surface area contributed by atoms with Gasteiger partial charge in [-0.25, -0.2) is 4.79 Å². The van der Waals surface area contributed by atoms with Gasteiger partial charge >= 0.3 is 12.4 Å². The van der Waals surface area contributed by atoms with E-state index >= 15 is 0 Å². The Morgan fingerprint density at radius 1 is 1.26 bits per heavy atom. The van der Waals surface area contributed by atoms with E-state index in [0.29, 0.717) is 31.0 Å². The lowest BCUT2D eigenvalue weighted by molar-refractivity contribution is -0.159. The number of nitrogens with two attached hydrogens (primary N) is 1. The second-order valence-corrected chi connectivity index (χ2v) is 11.1. The average Bonchev–Trinajstić information content (AvgIpc) is 3.35. The summed E-state index contributed by atoms with van der Waals surface area (Å²) in [7, 11) is 0. The molecular formula is C22H31F2N5O5S. The number of carboxylic acids is 1. The minimum Gasteiger partial charge on any atom is -0.477 e. The van der Waals surface area contributed by atoms with Crippen molar-refractivity contribution in [3.05, 3.63) is 10.6 Å². The first kappa shape index (κ1) is 25.8. The molecule has 0 aromatic heterocycles. The zero-order valence-corrected chi connectivity index (χ0v) is 20.4. The quantitative estimate of drug-likeness (QED) is 0.345. The van der Waals surface area contributed by atoms with Crippen molar-refractivity contribution in [2.24, 2.45) is 17.6 Å². The number of aliphatic carboxylic acids is 1. The number of carboxylic acid groups (broad SMARTS) is 1. The van der Waals surface area contributed by atoms with Crippen molar-refractivity contribution in [3.63, 3.8) is 0 Å².